The van der Waals surface area contributed by atoms with Gasteiger partial charge in [0.05, 0.1) is 0 Å². The lowest BCUT2D eigenvalue weighted by atomic mass is 10.1. The van der Waals surface area contributed by atoms with E-state index in [-0.39, 0.29) is 6.10 Å². The molecule has 2 nitrogen and oxygen atoms in total. The van der Waals surface area contributed by atoms with Gasteiger partial charge in [-0.3, -0.25) is 0 Å². The lowest BCUT2D eigenvalue weighted by Crippen LogP contribution is -2.04. The number of rotatable bonds is 5. The fraction of sp³-hybridized carbons (Fsp3) is 0.250. The van der Waals surface area contributed by atoms with E-state index in [1.165, 1.54) is 11.1 Å². The standard InChI is InChI=1S/C16H19NO/c1-13(15-5-3-2-4-6-15)18-16-9-7-14(8-10-16)11-12-17/h2-10,13H,11-12,17H2,1H3. The lowest BCUT2D eigenvalue weighted by molar-refractivity contribution is 0.227. The average Bonchev–Trinajstić information content (AvgIpc) is 2.42. The molecule has 0 radical (unpaired) electrons. The van der Waals surface area contributed by atoms with Gasteiger partial charge in [0.25, 0.3) is 0 Å². The molecule has 2 aromatic carbocycles. The van der Waals surface area contributed by atoms with Gasteiger partial charge in [-0.15, -0.1) is 0 Å². The monoisotopic (exact) mass is 241 g/mol. The molecule has 1 unspecified atom stereocenters. The zero-order valence-corrected chi connectivity index (χ0v) is 10.7. The first kappa shape index (κ1) is 12.7. The normalized spacial score (nSPS) is 12.1. The van der Waals surface area contributed by atoms with Crippen LogP contribution in [0.3, 0.4) is 0 Å². The highest BCUT2D eigenvalue weighted by molar-refractivity contribution is 5.28. The third-order valence-electron chi connectivity index (χ3n) is 2.94. The van der Waals surface area contributed by atoms with Crippen LogP contribution < -0.4 is 10.5 Å². The van der Waals surface area contributed by atoms with Crippen LogP contribution in [0.1, 0.15) is 24.2 Å². The summed E-state index contributed by atoms with van der Waals surface area (Å²) in [5, 5.41) is 0. The van der Waals surface area contributed by atoms with E-state index in [4.69, 9.17) is 10.5 Å². The van der Waals surface area contributed by atoms with Gasteiger partial charge in [-0.1, -0.05) is 42.5 Å². The molecule has 0 aliphatic rings. The van der Waals surface area contributed by atoms with Crippen molar-refractivity contribution >= 4 is 0 Å². The summed E-state index contributed by atoms with van der Waals surface area (Å²) in [7, 11) is 0. The van der Waals surface area contributed by atoms with Crippen LogP contribution in [0.25, 0.3) is 0 Å². The molecular formula is C16H19NO. The first-order valence-electron chi connectivity index (χ1n) is 6.30. The van der Waals surface area contributed by atoms with Crippen LogP contribution in [-0.4, -0.2) is 6.54 Å². The molecule has 0 heterocycles. The fourth-order valence-electron chi connectivity index (χ4n) is 1.90. The SMILES string of the molecule is CC(Oc1ccc(CCN)cc1)c1ccccc1. The van der Waals surface area contributed by atoms with Crippen molar-refractivity contribution in [2.45, 2.75) is 19.4 Å². The molecule has 2 aromatic rings. The average molecular weight is 241 g/mol. The number of benzene rings is 2. The largest absolute Gasteiger partial charge is 0.486 e. The van der Waals surface area contributed by atoms with Crippen molar-refractivity contribution in [2.24, 2.45) is 5.73 Å². The van der Waals surface area contributed by atoms with Gasteiger partial charge in [-0.05, 0) is 43.1 Å². The van der Waals surface area contributed by atoms with Crippen molar-refractivity contribution in [2.75, 3.05) is 6.54 Å². The first-order chi connectivity index (χ1) is 8.79. The molecule has 0 spiro atoms. The van der Waals surface area contributed by atoms with E-state index in [2.05, 4.69) is 31.2 Å². The Bertz CT molecular complexity index is 464. The second kappa shape index (κ2) is 6.22. The molecule has 1 atom stereocenters. The second-order valence-electron chi connectivity index (χ2n) is 4.35. The number of hydrogen-bond acceptors (Lipinski definition) is 2. The molecule has 2 N–H and O–H groups in total. The van der Waals surface area contributed by atoms with E-state index in [9.17, 15) is 0 Å². The van der Waals surface area contributed by atoms with Crippen molar-refractivity contribution in [3.63, 3.8) is 0 Å². The Morgan fingerprint density at radius 2 is 1.67 bits per heavy atom. The summed E-state index contributed by atoms with van der Waals surface area (Å²) in [6.45, 7) is 2.74. The Hall–Kier alpha value is -1.80. The maximum Gasteiger partial charge on any atom is 0.121 e. The minimum atomic E-state index is 0.0616. The molecule has 0 aliphatic heterocycles. The summed E-state index contributed by atoms with van der Waals surface area (Å²) in [5.74, 6) is 0.895. The van der Waals surface area contributed by atoms with Crippen LogP contribution in [0.5, 0.6) is 5.75 Å². The van der Waals surface area contributed by atoms with Crippen LogP contribution in [0.4, 0.5) is 0 Å². The molecule has 2 rings (SSSR count). The molecular weight excluding hydrogens is 222 g/mol. The van der Waals surface area contributed by atoms with Crippen molar-refractivity contribution in [1.29, 1.82) is 0 Å². The van der Waals surface area contributed by atoms with Crippen molar-refractivity contribution in [1.82, 2.24) is 0 Å². The van der Waals surface area contributed by atoms with Crippen molar-refractivity contribution in [3.05, 3.63) is 65.7 Å². The van der Waals surface area contributed by atoms with E-state index in [0.29, 0.717) is 6.54 Å². The minimum Gasteiger partial charge on any atom is -0.486 e. The smallest absolute Gasteiger partial charge is 0.121 e. The summed E-state index contributed by atoms with van der Waals surface area (Å²) in [6, 6.07) is 18.4. The highest BCUT2D eigenvalue weighted by Gasteiger charge is 2.06. The zero-order chi connectivity index (χ0) is 12.8. The molecule has 18 heavy (non-hydrogen) atoms. The molecule has 2 heteroatoms. The van der Waals surface area contributed by atoms with Crippen LogP contribution in [0.15, 0.2) is 54.6 Å². The van der Waals surface area contributed by atoms with Crippen LogP contribution >= 0.6 is 0 Å². The second-order valence-corrected chi connectivity index (χ2v) is 4.35. The van der Waals surface area contributed by atoms with E-state index >= 15 is 0 Å². The Labute approximate surface area is 108 Å². The van der Waals surface area contributed by atoms with Crippen molar-refractivity contribution in [3.8, 4) is 5.75 Å². The summed E-state index contributed by atoms with van der Waals surface area (Å²) in [6.07, 6.45) is 0.973. The third-order valence-corrected chi connectivity index (χ3v) is 2.94. The highest BCUT2D eigenvalue weighted by Crippen LogP contribution is 2.21. The molecule has 0 aromatic heterocycles. The van der Waals surface area contributed by atoms with Gasteiger partial charge in [0.1, 0.15) is 11.9 Å². The number of ether oxygens (including phenoxy) is 1. The van der Waals surface area contributed by atoms with E-state index in [1.54, 1.807) is 0 Å². The predicted molar refractivity (Wildman–Crippen MR) is 74.7 cm³/mol. The predicted octanol–water partition coefficient (Wildman–Crippen LogP) is 3.33. The Morgan fingerprint density at radius 3 is 2.28 bits per heavy atom. The Kier molecular flexibility index (Phi) is 4.37. The van der Waals surface area contributed by atoms with Crippen LogP contribution in [0, 0.1) is 0 Å². The topological polar surface area (TPSA) is 35.2 Å². The van der Waals surface area contributed by atoms with Gasteiger partial charge in [-0.25, -0.2) is 0 Å². The lowest BCUT2D eigenvalue weighted by Gasteiger charge is -2.15. The van der Waals surface area contributed by atoms with Crippen molar-refractivity contribution < 1.29 is 4.74 Å². The third kappa shape index (κ3) is 3.34. The maximum absolute atomic E-state index is 5.90. The zero-order valence-electron chi connectivity index (χ0n) is 10.7. The molecule has 0 saturated heterocycles. The van der Waals surface area contributed by atoms with Crippen LogP contribution in [0.2, 0.25) is 0 Å². The highest BCUT2D eigenvalue weighted by atomic mass is 16.5. The van der Waals surface area contributed by atoms with E-state index in [0.717, 1.165) is 12.2 Å². The summed E-state index contributed by atoms with van der Waals surface area (Å²) in [5.41, 5.74) is 7.96. The van der Waals surface area contributed by atoms with Gasteiger partial charge in [-0.2, -0.15) is 0 Å². The minimum absolute atomic E-state index is 0.0616. The fourth-order valence-corrected chi connectivity index (χ4v) is 1.90. The van der Waals surface area contributed by atoms with Gasteiger partial charge >= 0.3 is 0 Å². The van der Waals surface area contributed by atoms with E-state index in [1.807, 2.05) is 30.3 Å². The first-order valence-corrected chi connectivity index (χ1v) is 6.30. The maximum atomic E-state index is 5.90. The van der Waals surface area contributed by atoms with Crippen LogP contribution in [-0.2, 0) is 6.42 Å². The van der Waals surface area contributed by atoms with Gasteiger partial charge < -0.3 is 10.5 Å². The Balaban J connectivity index is 2.01. The van der Waals surface area contributed by atoms with Gasteiger partial charge in [0.2, 0.25) is 0 Å². The van der Waals surface area contributed by atoms with E-state index < -0.39 is 0 Å². The molecule has 0 amide bonds. The molecule has 0 fully saturated rings. The number of hydrogen-bond donors (Lipinski definition) is 1. The molecule has 0 aliphatic carbocycles. The number of nitrogens with two attached hydrogens (primary N) is 1. The summed E-state index contributed by atoms with van der Waals surface area (Å²) < 4.78 is 5.90. The summed E-state index contributed by atoms with van der Waals surface area (Å²) >= 11 is 0. The molecule has 0 saturated carbocycles. The Morgan fingerprint density at radius 1 is 1.00 bits per heavy atom. The molecule has 0 bridgehead atoms. The van der Waals surface area contributed by atoms with Gasteiger partial charge in [0, 0.05) is 0 Å². The molecule has 94 valence electrons. The van der Waals surface area contributed by atoms with Gasteiger partial charge in [0.15, 0.2) is 0 Å². The quantitative estimate of drug-likeness (QED) is 0.871. The summed E-state index contributed by atoms with van der Waals surface area (Å²) in [4.78, 5) is 0.